The second-order valence-electron chi connectivity index (χ2n) is 6.91. The predicted octanol–water partition coefficient (Wildman–Crippen LogP) is 4.96. The number of aromatic nitrogens is 1. The van der Waals surface area contributed by atoms with Crippen molar-refractivity contribution in [3.63, 3.8) is 0 Å². The molecule has 1 atom stereocenters. The third-order valence-corrected chi connectivity index (χ3v) is 6.07. The fourth-order valence-electron chi connectivity index (χ4n) is 4.09. The molecule has 3 heteroatoms. The smallest absolute Gasteiger partial charge is 0.0736 e. The number of fused-ring (bicyclic) bond motifs is 5. The highest BCUT2D eigenvalue weighted by Crippen LogP contribution is 2.52. The number of hydrogen-bond acceptors (Lipinski definition) is 2. The van der Waals surface area contributed by atoms with Crippen LogP contribution >= 0.6 is 25.3 Å². The van der Waals surface area contributed by atoms with E-state index < -0.39 is 0 Å². The summed E-state index contributed by atoms with van der Waals surface area (Å²) in [5.41, 5.74) is 7.22. The minimum atomic E-state index is -0.241. The molecule has 1 aromatic carbocycles. The van der Waals surface area contributed by atoms with Gasteiger partial charge >= 0.3 is 0 Å². The van der Waals surface area contributed by atoms with Crippen molar-refractivity contribution in [3.8, 4) is 0 Å². The Morgan fingerprint density at radius 1 is 1.14 bits per heavy atom. The molecule has 0 radical (unpaired) electrons. The van der Waals surface area contributed by atoms with Crippen molar-refractivity contribution < 1.29 is 0 Å². The topological polar surface area (TPSA) is 15.8 Å². The van der Waals surface area contributed by atoms with E-state index >= 15 is 0 Å². The SMILES string of the molecule is Cc1ccc2[nH]c3c(c2c1)CCC1=CC(S)(S)CCC13C. The van der Waals surface area contributed by atoms with Crippen molar-refractivity contribution in [2.75, 3.05) is 0 Å². The maximum atomic E-state index is 4.68. The predicted molar refractivity (Wildman–Crippen MR) is 96.7 cm³/mol. The molecule has 0 saturated heterocycles. The van der Waals surface area contributed by atoms with E-state index in [1.54, 1.807) is 0 Å². The number of thiol groups is 2. The van der Waals surface area contributed by atoms with Crippen LogP contribution in [0.3, 0.4) is 0 Å². The molecule has 0 saturated carbocycles. The van der Waals surface area contributed by atoms with Gasteiger partial charge in [0, 0.05) is 22.0 Å². The fourth-order valence-corrected chi connectivity index (χ4v) is 4.63. The molecule has 2 aliphatic carbocycles. The Kier molecular flexibility index (Phi) is 2.87. The largest absolute Gasteiger partial charge is 0.357 e. The lowest BCUT2D eigenvalue weighted by Crippen LogP contribution is -2.36. The van der Waals surface area contributed by atoms with Crippen molar-refractivity contribution in [3.05, 3.63) is 46.7 Å². The lowest BCUT2D eigenvalue weighted by molar-refractivity contribution is 0.420. The summed E-state index contributed by atoms with van der Waals surface area (Å²) < 4.78 is -0.241. The van der Waals surface area contributed by atoms with Gasteiger partial charge in [0.2, 0.25) is 0 Å². The summed E-state index contributed by atoms with van der Waals surface area (Å²) in [5.74, 6) is 0. The highest BCUT2D eigenvalue weighted by Gasteiger charge is 2.43. The molecule has 0 fully saturated rings. The van der Waals surface area contributed by atoms with Crippen molar-refractivity contribution in [1.29, 1.82) is 0 Å². The third-order valence-electron chi connectivity index (χ3n) is 5.36. The lowest BCUT2D eigenvalue weighted by Gasteiger charge is -2.43. The molecule has 1 heterocycles. The first-order valence-electron chi connectivity index (χ1n) is 7.68. The molecule has 0 aliphatic heterocycles. The number of hydrogen-bond donors (Lipinski definition) is 3. The summed E-state index contributed by atoms with van der Waals surface area (Å²) in [6.07, 6.45) is 6.67. The lowest BCUT2D eigenvalue weighted by atomic mass is 9.65. The first-order chi connectivity index (χ1) is 9.89. The van der Waals surface area contributed by atoms with Crippen LogP contribution in [0.2, 0.25) is 0 Å². The number of H-pyrrole nitrogens is 1. The van der Waals surface area contributed by atoms with Crippen molar-refractivity contribution in [2.24, 2.45) is 0 Å². The minimum Gasteiger partial charge on any atom is -0.357 e. The van der Waals surface area contributed by atoms with Crippen molar-refractivity contribution in [2.45, 2.75) is 49.0 Å². The second kappa shape index (κ2) is 4.36. The molecular weight excluding hydrogens is 294 g/mol. The average molecular weight is 316 g/mol. The van der Waals surface area contributed by atoms with E-state index in [4.69, 9.17) is 0 Å². The summed E-state index contributed by atoms with van der Waals surface area (Å²) in [6, 6.07) is 6.74. The standard InChI is InChI=1S/C18H21NS2/c1-11-3-6-15-14(9-11)13-5-4-12-10-18(20,21)8-7-17(12,2)16(13)19-15/h3,6,9-10,19-21H,4-5,7-8H2,1-2H3. The molecule has 2 aliphatic rings. The average Bonchev–Trinajstić information content (AvgIpc) is 2.79. The van der Waals surface area contributed by atoms with Gasteiger partial charge in [0.25, 0.3) is 0 Å². The van der Waals surface area contributed by atoms with Crippen molar-refractivity contribution >= 4 is 36.2 Å². The first-order valence-corrected chi connectivity index (χ1v) is 8.57. The van der Waals surface area contributed by atoms with Crippen LogP contribution in [-0.2, 0) is 11.8 Å². The van der Waals surface area contributed by atoms with Gasteiger partial charge in [-0.05, 0) is 50.3 Å². The van der Waals surface area contributed by atoms with Gasteiger partial charge in [-0.1, -0.05) is 30.2 Å². The molecule has 0 amide bonds. The van der Waals surface area contributed by atoms with Gasteiger partial charge in [-0.3, -0.25) is 0 Å². The molecule has 1 N–H and O–H groups in total. The summed E-state index contributed by atoms with van der Waals surface area (Å²) in [4.78, 5) is 3.72. The quantitative estimate of drug-likeness (QED) is 0.346. The van der Waals surface area contributed by atoms with Gasteiger partial charge in [0.15, 0.2) is 0 Å². The molecule has 0 spiro atoms. The van der Waals surface area contributed by atoms with Gasteiger partial charge in [0.1, 0.15) is 0 Å². The molecule has 0 bridgehead atoms. The van der Waals surface area contributed by atoms with Gasteiger partial charge in [0.05, 0.1) is 4.08 Å². The Bertz CT molecular complexity index is 769. The number of allylic oxidation sites excluding steroid dienone is 1. The Morgan fingerprint density at radius 3 is 2.76 bits per heavy atom. The molecule has 1 unspecified atom stereocenters. The molecule has 2 aromatic rings. The molecule has 1 aromatic heterocycles. The van der Waals surface area contributed by atoms with Crippen LogP contribution in [0.25, 0.3) is 10.9 Å². The van der Waals surface area contributed by atoms with Gasteiger partial charge in [-0.15, -0.1) is 0 Å². The minimum absolute atomic E-state index is 0.134. The number of aromatic amines is 1. The maximum absolute atomic E-state index is 4.68. The van der Waals surface area contributed by atoms with E-state index in [-0.39, 0.29) is 9.49 Å². The van der Waals surface area contributed by atoms with E-state index in [1.165, 1.54) is 33.3 Å². The van der Waals surface area contributed by atoms with Gasteiger partial charge < -0.3 is 4.98 Å². The van der Waals surface area contributed by atoms with Gasteiger partial charge in [-0.2, -0.15) is 25.3 Å². The van der Waals surface area contributed by atoms with E-state index in [0.29, 0.717) is 0 Å². The molecular formula is C18H21NS2. The Labute approximate surface area is 137 Å². The van der Waals surface area contributed by atoms with E-state index in [2.05, 4.69) is 68.4 Å². The van der Waals surface area contributed by atoms with Gasteiger partial charge in [-0.25, -0.2) is 0 Å². The van der Waals surface area contributed by atoms with Crippen LogP contribution in [0.1, 0.15) is 43.0 Å². The zero-order valence-electron chi connectivity index (χ0n) is 12.5. The van der Waals surface area contributed by atoms with Crippen LogP contribution in [0.15, 0.2) is 29.8 Å². The summed E-state index contributed by atoms with van der Waals surface area (Å²) in [5, 5.41) is 1.42. The normalized spacial score (nSPS) is 27.1. The van der Waals surface area contributed by atoms with Crippen LogP contribution in [0.5, 0.6) is 0 Å². The molecule has 1 nitrogen and oxygen atoms in total. The zero-order chi connectivity index (χ0) is 14.8. The summed E-state index contributed by atoms with van der Waals surface area (Å²) in [7, 11) is 0. The summed E-state index contributed by atoms with van der Waals surface area (Å²) >= 11 is 9.37. The van der Waals surface area contributed by atoms with Crippen LogP contribution in [0, 0.1) is 6.92 Å². The van der Waals surface area contributed by atoms with Crippen molar-refractivity contribution in [1.82, 2.24) is 4.98 Å². The Hall–Kier alpha value is -0.800. The zero-order valence-corrected chi connectivity index (χ0v) is 14.3. The highest BCUT2D eigenvalue weighted by molar-refractivity contribution is 8.00. The Morgan fingerprint density at radius 2 is 1.95 bits per heavy atom. The fraction of sp³-hybridized carbons (Fsp3) is 0.444. The monoisotopic (exact) mass is 315 g/mol. The third kappa shape index (κ3) is 2.01. The summed E-state index contributed by atoms with van der Waals surface area (Å²) in [6.45, 7) is 4.56. The first kappa shape index (κ1) is 13.8. The number of rotatable bonds is 0. The van der Waals surface area contributed by atoms with E-state index in [9.17, 15) is 0 Å². The Balaban J connectivity index is 1.95. The molecule has 4 rings (SSSR count). The second-order valence-corrected chi connectivity index (χ2v) is 8.86. The van der Waals surface area contributed by atoms with Crippen LogP contribution < -0.4 is 0 Å². The van der Waals surface area contributed by atoms with E-state index in [0.717, 1.165) is 25.7 Å². The number of benzene rings is 1. The molecule has 110 valence electrons. The number of nitrogens with one attached hydrogen (secondary N) is 1. The maximum Gasteiger partial charge on any atom is 0.0736 e. The highest BCUT2D eigenvalue weighted by atomic mass is 32.2. The molecule has 21 heavy (non-hydrogen) atoms. The van der Waals surface area contributed by atoms with Crippen LogP contribution in [0.4, 0.5) is 0 Å². The van der Waals surface area contributed by atoms with Crippen LogP contribution in [-0.4, -0.2) is 9.06 Å². The van der Waals surface area contributed by atoms with E-state index in [1.807, 2.05) is 0 Å². The number of aryl methyl sites for hydroxylation is 2.